The third-order valence-corrected chi connectivity index (χ3v) is 5.50. The van der Waals surface area contributed by atoms with Gasteiger partial charge < -0.3 is 23.8 Å². The SMILES string of the molecule is COc1ccc(OCC(=O)OC2CN(c3nc4c(OC)cccc4s3)C2)cc1. The molecule has 0 saturated carbocycles. The lowest BCUT2D eigenvalue weighted by atomic mass is 10.2. The Morgan fingerprint density at radius 1 is 1.11 bits per heavy atom. The van der Waals surface area contributed by atoms with E-state index in [-0.39, 0.29) is 18.7 Å². The molecule has 3 aromatic rings. The highest BCUT2D eigenvalue weighted by Crippen LogP contribution is 2.35. The van der Waals surface area contributed by atoms with E-state index in [1.165, 1.54) is 0 Å². The summed E-state index contributed by atoms with van der Waals surface area (Å²) in [6.45, 7) is 1.12. The molecule has 0 unspecified atom stereocenters. The van der Waals surface area contributed by atoms with Crippen molar-refractivity contribution in [3.63, 3.8) is 0 Å². The number of hydrogen-bond acceptors (Lipinski definition) is 8. The molecule has 0 spiro atoms. The van der Waals surface area contributed by atoms with Gasteiger partial charge in [-0.05, 0) is 36.4 Å². The van der Waals surface area contributed by atoms with Crippen LogP contribution in [0.25, 0.3) is 10.2 Å². The predicted octanol–water partition coefficient (Wildman–Crippen LogP) is 3.12. The lowest BCUT2D eigenvalue weighted by molar-refractivity contribution is -0.152. The number of carbonyl (C=O) groups is 1. The number of fused-ring (bicyclic) bond motifs is 1. The zero-order chi connectivity index (χ0) is 19.5. The van der Waals surface area contributed by atoms with Gasteiger partial charge >= 0.3 is 5.97 Å². The van der Waals surface area contributed by atoms with Crippen LogP contribution in [0.5, 0.6) is 17.2 Å². The molecule has 2 aromatic carbocycles. The van der Waals surface area contributed by atoms with Crippen LogP contribution in [-0.2, 0) is 9.53 Å². The van der Waals surface area contributed by atoms with Crippen molar-refractivity contribution in [2.45, 2.75) is 6.10 Å². The molecule has 1 saturated heterocycles. The molecule has 1 aromatic heterocycles. The third kappa shape index (κ3) is 3.82. The number of aromatic nitrogens is 1. The van der Waals surface area contributed by atoms with E-state index in [1.807, 2.05) is 18.2 Å². The Hall–Kier alpha value is -3.00. The van der Waals surface area contributed by atoms with Crippen molar-refractivity contribution in [1.82, 2.24) is 4.98 Å². The minimum atomic E-state index is -0.383. The number of rotatable bonds is 7. The predicted molar refractivity (Wildman–Crippen MR) is 107 cm³/mol. The van der Waals surface area contributed by atoms with Crippen LogP contribution in [0.3, 0.4) is 0 Å². The van der Waals surface area contributed by atoms with E-state index in [2.05, 4.69) is 9.88 Å². The molecule has 0 bridgehead atoms. The zero-order valence-electron chi connectivity index (χ0n) is 15.6. The van der Waals surface area contributed by atoms with Gasteiger partial charge in [-0.2, -0.15) is 0 Å². The van der Waals surface area contributed by atoms with E-state index < -0.39 is 0 Å². The van der Waals surface area contributed by atoms with Crippen LogP contribution < -0.4 is 19.1 Å². The molecule has 4 rings (SSSR count). The number of thiazole rings is 1. The number of ether oxygens (including phenoxy) is 4. The van der Waals surface area contributed by atoms with Crippen molar-refractivity contribution in [1.29, 1.82) is 0 Å². The smallest absolute Gasteiger partial charge is 0.344 e. The van der Waals surface area contributed by atoms with Crippen LogP contribution in [-0.4, -0.2) is 51.0 Å². The molecule has 1 aliphatic rings. The molecule has 1 fully saturated rings. The van der Waals surface area contributed by atoms with Crippen molar-refractivity contribution >= 4 is 32.7 Å². The molecule has 1 aliphatic heterocycles. The van der Waals surface area contributed by atoms with E-state index in [0.29, 0.717) is 18.8 Å². The average Bonchev–Trinajstić information content (AvgIpc) is 3.12. The van der Waals surface area contributed by atoms with Gasteiger partial charge in [0.1, 0.15) is 28.9 Å². The highest BCUT2D eigenvalue weighted by Gasteiger charge is 2.32. The Morgan fingerprint density at radius 2 is 1.86 bits per heavy atom. The second kappa shape index (κ2) is 7.93. The number of para-hydroxylation sites is 1. The lowest BCUT2D eigenvalue weighted by Crippen LogP contribution is -2.53. The zero-order valence-corrected chi connectivity index (χ0v) is 16.4. The van der Waals surface area contributed by atoms with Crippen molar-refractivity contribution < 1.29 is 23.7 Å². The minimum absolute atomic E-state index is 0.124. The number of carbonyl (C=O) groups excluding carboxylic acids is 1. The number of methoxy groups -OCH3 is 2. The minimum Gasteiger partial charge on any atom is -0.497 e. The lowest BCUT2D eigenvalue weighted by Gasteiger charge is -2.38. The average molecular weight is 400 g/mol. The topological polar surface area (TPSA) is 70.1 Å². The van der Waals surface area contributed by atoms with E-state index in [1.54, 1.807) is 49.8 Å². The van der Waals surface area contributed by atoms with Crippen LogP contribution in [0, 0.1) is 0 Å². The molecular formula is C20H20N2O5S. The maximum Gasteiger partial charge on any atom is 0.344 e. The standard InChI is InChI=1S/C20H20N2O5S/c1-24-13-6-8-14(9-7-13)26-12-18(23)27-15-10-22(11-15)20-21-19-16(25-2)4-3-5-17(19)28-20/h3-9,15H,10-12H2,1-2H3. The number of benzene rings is 2. The fourth-order valence-electron chi connectivity index (χ4n) is 2.91. The molecule has 0 radical (unpaired) electrons. The highest BCUT2D eigenvalue weighted by molar-refractivity contribution is 7.22. The van der Waals surface area contributed by atoms with Gasteiger partial charge in [-0.1, -0.05) is 17.4 Å². The molecular weight excluding hydrogens is 380 g/mol. The summed E-state index contributed by atoms with van der Waals surface area (Å²) >= 11 is 1.60. The van der Waals surface area contributed by atoms with Gasteiger partial charge in [0.15, 0.2) is 11.7 Å². The largest absolute Gasteiger partial charge is 0.497 e. The number of anilines is 1. The van der Waals surface area contributed by atoms with Gasteiger partial charge in [0.25, 0.3) is 0 Å². The summed E-state index contributed by atoms with van der Waals surface area (Å²) in [5.41, 5.74) is 0.860. The Bertz CT molecular complexity index is 966. The first-order valence-corrected chi connectivity index (χ1v) is 9.62. The summed E-state index contributed by atoms with van der Waals surface area (Å²) in [5.74, 6) is 1.71. The third-order valence-electron chi connectivity index (χ3n) is 4.42. The normalized spacial score (nSPS) is 13.9. The molecule has 0 aliphatic carbocycles. The van der Waals surface area contributed by atoms with Crippen molar-refractivity contribution in [2.75, 3.05) is 38.8 Å². The van der Waals surface area contributed by atoms with Gasteiger partial charge in [0.2, 0.25) is 0 Å². The molecule has 0 N–H and O–H groups in total. The molecule has 8 heteroatoms. The summed E-state index contributed by atoms with van der Waals surface area (Å²) in [6, 6.07) is 12.9. The second-order valence-electron chi connectivity index (χ2n) is 6.28. The van der Waals surface area contributed by atoms with Crippen LogP contribution in [0.4, 0.5) is 5.13 Å². The maximum atomic E-state index is 12.0. The van der Waals surface area contributed by atoms with Crippen LogP contribution in [0.1, 0.15) is 0 Å². The summed E-state index contributed by atoms with van der Waals surface area (Å²) in [6.07, 6.45) is -0.152. The summed E-state index contributed by atoms with van der Waals surface area (Å²) < 4.78 is 22.4. The first-order valence-electron chi connectivity index (χ1n) is 8.81. The Labute approximate surface area is 166 Å². The van der Waals surface area contributed by atoms with Crippen LogP contribution >= 0.6 is 11.3 Å². The van der Waals surface area contributed by atoms with Crippen LogP contribution in [0.2, 0.25) is 0 Å². The molecule has 28 heavy (non-hydrogen) atoms. The van der Waals surface area contributed by atoms with Crippen molar-refractivity contribution in [3.8, 4) is 17.2 Å². The van der Waals surface area contributed by atoms with E-state index in [4.69, 9.17) is 18.9 Å². The fraction of sp³-hybridized carbons (Fsp3) is 0.300. The number of nitrogens with zero attached hydrogens (tertiary/aromatic N) is 2. The summed E-state index contributed by atoms with van der Waals surface area (Å²) in [7, 11) is 3.24. The number of hydrogen-bond donors (Lipinski definition) is 0. The van der Waals surface area contributed by atoms with E-state index in [9.17, 15) is 4.79 Å². The first-order chi connectivity index (χ1) is 13.7. The Morgan fingerprint density at radius 3 is 2.57 bits per heavy atom. The maximum absolute atomic E-state index is 12.0. The van der Waals surface area contributed by atoms with Crippen molar-refractivity contribution in [3.05, 3.63) is 42.5 Å². The van der Waals surface area contributed by atoms with Crippen LogP contribution in [0.15, 0.2) is 42.5 Å². The van der Waals surface area contributed by atoms with Crippen molar-refractivity contribution in [2.24, 2.45) is 0 Å². The summed E-state index contributed by atoms with van der Waals surface area (Å²) in [5, 5.41) is 0.904. The van der Waals surface area contributed by atoms with Gasteiger partial charge in [-0.15, -0.1) is 0 Å². The Balaban J connectivity index is 1.26. The Kier molecular flexibility index (Phi) is 5.21. The van der Waals surface area contributed by atoms with E-state index in [0.717, 1.165) is 26.8 Å². The molecule has 7 nitrogen and oxygen atoms in total. The van der Waals surface area contributed by atoms with Gasteiger partial charge in [0, 0.05) is 0 Å². The molecule has 0 atom stereocenters. The number of esters is 1. The van der Waals surface area contributed by atoms with E-state index >= 15 is 0 Å². The first kappa shape index (κ1) is 18.4. The fourth-order valence-corrected chi connectivity index (χ4v) is 3.92. The van der Waals surface area contributed by atoms with Gasteiger partial charge in [0.05, 0.1) is 32.0 Å². The van der Waals surface area contributed by atoms with Gasteiger partial charge in [-0.3, -0.25) is 0 Å². The monoisotopic (exact) mass is 400 g/mol. The van der Waals surface area contributed by atoms with Gasteiger partial charge in [-0.25, -0.2) is 9.78 Å². The molecule has 2 heterocycles. The second-order valence-corrected chi connectivity index (χ2v) is 7.29. The summed E-state index contributed by atoms with van der Waals surface area (Å²) in [4.78, 5) is 18.7. The highest BCUT2D eigenvalue weighted by atomic mass is 32.1. The molecule has 146 valence electrons. The molecule has 0 amide bonds. The quantitative estimate of drug-likeness (QED) is 0.564.